The van der Waals surface area contributed by atoms with Crippen molar-refractivity contribution in [3.05, 3.63) is 30.2 Å². The molecule has 1 amide bonds. The average molecular weight is 247 g/mol. The fourth-order valence-electron chi connectivity index (χ4n) is 1.42. The Morgan fingerprint density at radius 3 is 3.06 bits per heavy atom. The summed E-state index contributed by atoms with van der Waals surface area (Å²) in [6, 6.07) is 0. The van der Waals surface area contributed by atoms with Crippen molar-refractivity contribution in [2.75, 3.05) is 5.73 Å². The maximum Gasteiger partial charge on any atom is 0.271 e. The number of nitrogens with two attached hydrogens (primary N) is 1. The number of nitrogens with one attached hydrogen (secondary N) is 1. The third kappa shape index (κ3) is 2.59. The molecule has 0 aromatic carbocycles. The summed E-state index contributed by atoms with van der Waals surface area (Å²) in [5.41, 5.74) is 5.63. The van der Waals surface area contributed by atoms with Crippen LogP contribution in [0.2, 0.25) is 0 Å². The number of rotatable bonds is 4. The molecule has 2 heterocycles. The number of aryl methyl sites for hydroxylation is 1. The first-order chi connectivity index (χ1) is 8.70. The van der Waals surface area contributed by atoms with Crippen LogP contribution in [0.4, 0.5) is 5.82 Å². The largest absolute Gasteiger partial charge is 0.382 e. The molecule has 0 bridgehead atoms. The highest BCUT2D eigenvalue weighted by molar-refractivity contribution is 5.92. The van der Waals surface area contributed by atoms with Crippen LogP contribution in [-0.2, 0) is 13.1 Å². The Kier molecular flexibility index (Phi) is 3.46. The third-order valence-electron chi connectivity index (χ3n) is 2.33. The van der Waals surface area contributed by atoms with Gasteiger partial charge in [0, 0.05) is 6.54 Å². The van der Waals surface area contributed by atoms with Gasteiger partial charge in [-0.15, -0.1) is 10.2 Å². The first-order valence-corrected chi connectivity index (χ1v) is 5.43. The second kappa shape index (κ2) is 5.21. The van der Waals surface area contributed by atoms with Gasteiger partial charge in [0.1, 0.15) is 17.8 Å². The minimum Gasteiger partial charge on any atom is -0.382 e. The number of nitrogen functional groups attached to an aromatic ring is 1. The van der Waals surface area contributed by atoms with E-state index in [-0.39, 0.29) is 24.0 Å². The van der Waals surface area contributed by atoms with E-state index in [4.69, 9.17) is 5.73 Å². The predicted molar refractivity (Wildman–Crippen MR) is 63.3 cm³/mol. The van der Waals surface area contributed by atoms with Crippen molar-refractivity contribution in [3.8, 4) is 0 Å². The predicted octanol–water partition coefficient (Wildman–Crippen LogP) is -0.400. The Bertz CT molecular complexity index is 551. The van der Waals surface area contributed by atoms with Crippen LogP contribution in [-0.4, -0.2) is 30.6 Å². The van der Waals surface area contributed by atoms with Gasteiger partial charge in [0.05, 0.1) is 18.9 Å². The van der Waals surface area contributed by atoms with Gasteiger partial charge in [0.15, 0.2) is 5.82 Å². The van der Waals surface area contributed by atoms with Crippen LogP contribution >= 0.6 is 0 Å². The number of hydrogen-bond acceptors (Lipinski definition) is 6. The van der Waals surface area contributed by atoms with Crippen molar-refractivity contribution >= 4 is 11.7 Å². The SMILES string of the molecule is CCn1cnnc1CNC(=O)c1cncc(N)n1. The molecule has 8 nitrogen and oxygen atoms in total. The Morgan fingerprint density at radius 2 is 2.33 bits per heavy atom. The van der Waals surface area contributed by atoms with Gasteiger partial charge in [-0.1, -0.05) is 0 Å². The number of hydrogen-bond donors (Lipinski definition) is 2. The molecule has 0 atom stereocenters. The topological polar surface area (TPSA) is 112 Å². The molecule has 0 aliphatic heterocycles. The maximum absolute atomic E-state index is 11.8. The van der Waals surface area contributed by atoms with Crippen molar-refractivity contribution in [1.82, 2.24) is 30.0 Å². The number of amides is 1. The molecular weight excluding hydrogens is 234 g/mol. The average Bonchev–Trinajstić information content (AvgIpc) is 2.83. The lowest BCUT2D eigenvalue weighted by Crippen LogP contribution is -2.25. The zero-order valence-corrected chi connectivity index (χ0v) is 9.87. The lowest BCUT2D eigenvalue weighted by molar-refractivity contribution is 0.0944. The van der Waals surface area contributed by atoms with E-state index < -0.39 is 0 Å². The number of anilines is 1. The third-order valence-corrected chi connectivity index (χ3v) is 2.33. The van der Waals surface area contributed by atoms with Gasteiger partial charge in [0.2, 0.25) is 0 Å². The van der Waals surface area contributed by atoms with Gasteiger partial charge in [-0.25, -0.2) is 4.98 Å². The van der Waals surface area contributed by atoms with E-state index in [0.717, 1.165) is 6.54 Å². The standard InChI is InChI=1S/C10H13N7O/c1-2-17-6-14-16-9(17)5-13-10(18)7-3-12-4-8(11)15-7/h3-4,6H,2,5H2,1H3,(H2,11,15)(H,13,18). The molecule has 0 unspecified atom stereocenters. The smallest absolute Gasteiger partial charge is 0.271 e. The van der Waals surface area contributed by atoms with E-state index >= 15 is 0 Å². The fourth-order valence-corrected chi connectivity index (χ4v) is 1.42. The number of carbonyl (C=O) groups excluding carboxylic acids is 1. The van der Waals surface area contributed by atoms with Gasteiger partial charge >= 0.3 is 0 Å². The molecule has 2 aromatic heterocycles. The van der Waals surface area contributed by atoms with Crippen LogP contribution in [0.1, 0.15) is 23.2 Å². The van der Waals surface area contributed by atoms with E-state index in [1.54, 1.807) is 6.33 Å². The van der Waals surface area contributed by atoms with Gasteiger partial charge in [-0.05, 0) is 6.92 Å². The molecule has 0 fully saturated rings. The number of aromatic nitrogens is 5. The highest BCUT2D eigenvalue weighted by Crippen LogP contribution is 1.99. The monoisotopic (exact) mass is 247 g/mol. The first-order valence-electron chi connectivity index (χ1n) is 5.43. The van der Waals surface area contributed by atoms with E-state index in [1.165, 1.54) is 12.4 Å². The molecule has 0 aliphatic rings. The summed E-state index contributed by atoms with van der Waals surface area (Å²) < 4.78 is 1.84. The molecule has 3 N–H and O–H groups in total. The van der Waals surface area contributed by atoms with Crippen molar-refractivity contribution < 1.29 is 4.79 Å². The van der Waals surface area contributed by atoms with Crippen molar-refractivity contribution in [2.24, 2.45) is 0 Å². The summed E-state index contributed by atoms with van der Waals surface area (Å²) >= 11 is 0. The van der Waals surface area contributed by atoms with Crippen LogP contribution in [0.25, 0.3) is 0 Å². The molecule has 0 saturated carbocycles. The van der Waals surface area contributed by atoms with E-state index in [2.05, 4.69) is 25.5 Å². The van der Waals surface area contributed by atoms with Gasteiger partial charge < -0.3 is 15.6 Å². The maximum atomic E-state index is 11.8. The van der Waals surface area contributed by atoms with Gasteiger partial charge in [-0.3, -0.25) is 9.78 Å². The van der Waals surface area contributed by atoms with Crippen LogP contribution in [0, 0.1) is 0 Å². The quantitative estimate of drug-likeness (QED) is 0.760. The molecular formula is C10H13N7O. The van der Waals surface area contributed by atoms with Gasteiger partial charge in [-0.2, -0.15) is 0 Å². The lowest BCUT2D eigenvalue weighted by Gasteiger charge is -2.05. The Morgan fingerprint density at radius 1 is 1.50 bits per heavy atom. The minimum atomic E-state index is -0.347. The molecule has 0 spiro atoms. The Balaban J connectivity index is 2.00. The summed E-state index contributed by atoms with van der Waals surface area (Å²) in [5, 5.41) is 10.4. The summed E-state index contributed by atoms with van der Waals surface area (Å²) in [6.07, 6.45) is 4.35. The summed E-state index contributed by atoms with van der Waals surface area (Å²) in [7, 11) is 0. The number of nitrogens with zero attached hydrogens (tertiary/aromatic N) is 5. The first kappa shape index (κ1) is 12.0. The second-order valence-corrected chi connectivity index (χ2v) is 3.55. The fraction of sp³-hybridized carbons (Fsp3) is 0.300. The van der Waals surface area contributed by atoms with E-state index in [1.807, 2.05) is 11.5 Å². The van der Waals surface area contributed by atoms with Crippen molar-refractivity contribution in [1.29, 1.82) is 0 Å². The summed E-state index contributed by atoms with van der Waals surface area (Å²) in [5.74, 6) is 0.544. The number of carbonyl (C=O) groups is 1. The molecule has 2 rings (SSSR count). The molecule has 94 valence electrons. The van der Waals surface area contributed by atoms with Crippen LogP contribution in [0.3, 0.4) is 0 Å². The second-order valence-electron chi connectivity index (χ2n) is 3.55. The minimum absolute atomic E-state index is 0.178. The zero-order chi connectivity index (χ0) is 13.0. The molecule has 0 radical (unpaired) electrons. The molecule has 0 aliphatic carbocycles. The van der Waals surface area contributed by atoms with Crippen LogP contribution in [0.15, 0.2) is 18.7 Å². The van der Waals surface area contributed by atoms with E-state index in [0.29, 0.717) is 5.82 Å². The molecule has 2 aromatic rings. The normalized spacial score (nSPS) is 10.3. The highest BCUT2D eigenvalue weighted by Gasteiger charge is 2.09. The molecule has 8 heteroatoms. The zero-order valence-electron chi connectivity index (χ0n) is 9.87. The van der Waals surface area contributed by atoms with Crippen LogP contribution < -0.4 is 11.1 Å². The van der Waals surface area contributed by atoms with Crippen molar-refractivity contribution in [2.45, 2.75) is 20.0 Å². The Hall–Kier alpha value is -2.51. The van der Waals surface area contributed by atoms with Crippen LogP contribution in [0.5, 0.6) is 0 Å². The highest BCUT2D eigenvalue weighted by atomic mass is 16.1. The van der Waals surface area contributed by atoms with Crippen molar-refractivity contribution in [3.63, 3.8) is 0 Å². The van der Waals surface area contributed by atoms with E-state index in [9.17, 15) is 4.79 Å². The summed E-state index contributed by atoms with van der Waals surface area (Å²) in [4.78, 5) is 19.4. The summed E-state index contributed by atoms with van der Waals surface area (Å²) in [6.45, 7) is 3.00. The van der Waals surface area contributed by atoms with Gasteiger partial charge in [0.25, 0.3) is 5.91 Å². The lowest BCUT2D eigenvalue weighted by atomic mass is 10.4. The Labute approximate surface area is 103 Å². The molecule has 18 heavy (non-hydrogen) atoms. The molecule has 0 saturated heterocycles.